The highest BCUT2D eigenvalue weighted by Gasteiger charge is 2.16. The van der Waals surface area contributed by atoms with E-state index in [1.807, 2.05) is 24.3 Å². The Balaban J connectivity index is 1.68. The number of para-hydroxylation sites is 1. The maximum absolute atomic E-state index is 6.02. The molecule has 0 amide bonds. The number of thiazole rings is 1. The van der Waals surface area contributed by atoms with Gasteiger partial charge in [-0.2, -0.15) is 0 Å². The summed E-state index contributed by atoms with van der Waals surface area (Å²) in [6, 6.07) is 11.6. The highest BCUT2D eigenvalue weighted by atomic mass is 32.2. The number of hydrogen-bond acceptors (Lipinski definition) is 7. The number of fused-ring (bicyclic) bond motifs is 1. The van der Waals surface area contributed by atoms with Crippen LogP contribution in [0.25, 0.3) is 21.8 Å². The largest absolute Gasteiger partial charge is 0.461 e. The minimum Gasteiger partial charge on any atom is -0.461 e. The number of rotatable bonds is 3. The Morgan fingerprint density at radius 1 is 1.14 bits per heavy atom. The van der Waals surface area contributed by atoms with Crippen molar-refractivity contribution in [3.8, 4) is 11.6 Å². The van der Waals surface area contributed by atoms with E-state index in [4.69, 9.17) is 10.3 Å². The molecule has 1 aromatic carbocycles. The van der Waals surface area contributed by atoms with Gasteiger partial charge in [0.25, 0.3) is 0 Å². The summed E-state index contributed by atoms with van der Waals surface area (Å²) < 4.78 is 8.71. The van der Waals surface area contributed by atoms with Crippen molar-refractivity contribution in [2.24, 2.45) is 0 Å². The molecule has 3 heterocycles. The molecule has 0 aliphatic rings. The molecule has 0 fully saturated rings. The molecule has 4 aromatic rings. The smallest absolute Gasteiger partial charge is 0.218 e. The van der Waals surface area contributed by atoms with Crippen molar-refractivity contribution in [1.82, 2.24) is 19.9 Å². The number of hydrogen-bond donors (Lipinski definition) is 1. The highest BCUT2D eigenvalue weighted by Crippen LogP contribution is 2.33. The molecule has 0 saturated carbocycles. The fourth-order valence-corrected chi connectivity index (χ4v) is 3.82. The van der Waals surface area contributed by atoms with E-state index < -0.39 is 0 Å². The van der Waals surface area contributed by atoms with Crippen LogP contribution in [0.3, 0.4) is 0 Å². The molecule has 0 saturated heterocycles. The summed E-state index contributed by atoms with van der Waals surface area (Å²) >= 11 is 2.99. The van der Waals surface area contributed by atoms with E-state index in [2.05, 4.69) is 15.2 Å². The lowest BCUT2D eigenvalue weighted by Gasteiger charge is -1.99. The van der Waals surface area contributed by atoms with Crippen LogP contribution in [0.15, 0.2) is 56.6 Å². The maximum Gasteiger partial charge on any atom is 0.218 e. The predicted octanol–water partition coefficient (Wildman–Crippen LogP) is 3.01. The Hall–Kier alpha value is -2.32. The van der Waals surface area contributed by atoms with E-state index in [1.165, 1.54) is 16.4 Å². The Kier molecular flexibility index (Phi) is 2.90. The first-order valence-electron chi connectivity index (χ1n) is 6.09. The van der Waals surface area contributed by atoms with Crippen molar-refractivity contribution in [2.45, 2.75) is 9.50 Å². The third-order valence-electron chi connectivity index (χ3n) is 2.86. The van der Waals surface area contributed by atoms with Gasteiger partial charge in [-0.05, 0) is 36.0 Å². The summed E-state index contributed by atoms with van der Waals surface area (Å²) in [5.74, 6) is 7.10. The number of nitrogens with zero attached hydrogens (tertiary/aromatic N) is 4. The Labute approximate surface area is 127 Å². The molecular formula is C13H9N5OS2. The van der Waals surface area contributed by atoms with Gasteiger partial charge in [-0.25, -0.2) is 9.66 Å². The SMILES string of the molecule is Nn1c(Sc2nc3ccccc3s2)nnc1-c1ccco1. The van der Waals surface area contributed by atoms with Crippen LogP contribution < -0.4 is 5.84 Å². The topological polar surface area (TPSA) is 82.8 Å². The average Bonchev–Trinajstić information content (AvgIpc) is 3.19. The molecule has 2 N–H and O–H groups in total. The second-order valence-corrected chi connectivity index (χ2v) is 6.45. The maximum atomic E-state index is 6.02. The van der Waals surface area contributed by atoms with E-state index in [9.17, 15) is 0 Å². The lowest BCUT2D eigenvalue weighted by atomic mass is 10.3. The van der Waals surface area contributed by atoms with Gasteiger partial charge in [0.1, 0.15) is 0 Å². The molecule has 4 rings (SSSR count). The second kappa shape index (κ2) is 4.90. The van der Waals surface area contributed by atoms with E-state index in [0.29, 0.717) is 16.7 Å². The minimum absolute atomic E-state index is 0.489. The van der Waals surface area contributed by atoms with Gasteiger partial charge in [-0.15, -0.1) is 21.5 Å². The van der Waals surface area contributed by atoms with Crippen LogP contribution in [0.2, 0.25) is 0 Å². The second-order valence-electron chi connectivity index (χ2n) is 4.20. The molecule has 0 aliphatic heterocycles. The highest BCUT2D eigenvalue weighted by molar-refractivity contribution is 8.01. The van der Waals surface area contributed by atoms with Gasteiger partial charge in [-0.1, -0.05) is 12.1 Å². The van der Waals surface area contributed by atoms with Crippen LogP contribution in [0, 0.1) is 0 Å². The molecular weight excluding hydrogens is 306 g/mol. The van der Waals surface area contributed by atoms with Gasteiger partial charge >= 0.3 is 0 Å². The summed E-state index contributed by atoms with van der Waals surface area (Å²) in [6.07, 6.45) is 1.57. The lowest BCUT2D eigenvalue weighted by Crippen LogP contribution is -2.11. The molecule has 0 spiro atoms. The normalized spacial score (nSPS) is 11.2. The third kappa shape index (κ3) is 2.18. The van der Waals surface area contributed by atoms with E-state index in [1.54, 1.807) is 29.7 Å². The van der Waals surface area contributed by atoms with Crippen molar-refractivity contribution < 1.29 is 4.42 Å². The quantitative estimate of drug-likeness (QED) is 0.585. The van der Waals surface area contributed by atoms with Crippen molar-refractivity contribution in [3.05, 3.63) is 42.7 Å². The fraction of sp³-hybridized carbons (Fsp3) is 0. The number of nitrogens with two attached hydrogens (primary N) is 1. The van der Waals surface area contributed by atoms with Crippen LogP contribution in [0.4, 0.5) is 0 Å². The minimum atomic E-state index is 0.489. The summed E-state index contributed by atoms with van der Waals surface area (Å²) in [4.78, 5) is 4.54. The van der Waals surface area contributed by atoms with Crippen molar-refractivity contribution in [3.63, 3.8) is 0 Å². The van der Waals surface area contributed by atoms with Gasteiger partial charge in [0.15, 0.2) is 10.1 Å². The summed E-state index contributed by atoms with van der Waals surface area (Å²) in [6.45, 7) is 0. The first-order valence-corrected chi connectivity index (χ1v) is 7.72. The monoisotopic (exact) mass is 315 g/mol. The van der Waals surface area contributed by atoms with Crippen LogP contribution in [0.5, 0.6) is 0 Å². The molecule has 8 heteroatoms. The first-order chi connectivity index (χ1) is 10.3. The molecule has 0 bridgehead atoms. The molecule has 104 valence electrons. The van der Waals surface area contributed by atoms with E-state index >= 15 is 0 Å². The van der Waals surface area contributed by atoms with Crippen molar-refractivity contribution in [1.29, 1.82) is 0 Å². The summed E-state index contributed by atoms with van der Waals surface area (Å²) in [7, 11) is 0. The number of aromatic nitrogens is 4. The van der Waals surface area contributed by atoms with Gasteiger partial charge in [0.2, 0.25) is 11.0 Å². The molecule has 0 radical (unpaired) electrons. The van der Waals surface area contributed by atoms with Crippen molar-refractivity contribution in [2.75, 3.05) is 5.84 Å². The van der Waals surface area contributed by atoms with Crippen LogP contribution in [-0.4, -0.2) is 19.9 Å². The molecule has 21 heavy (non-hydrogen) atoms. The van der Waals surface area contributed by atoms with Crippen LogP contribution in [-0.2, 0) is 0 Å². The summed E-state index contributed by atoms with van der Waals surface area (Å²) in [5, 5.41) is 8.72. The number of benzene rings is 1. The Morgan fingerprint density at radius 2 is 2.05 bits per heavy atom. The van der Waals surface area contributed by atoms with Gasteiger partial charge in [-0.3, -0.25) is 0 Å². The van der Waals surface area contributed by atoms with Gasteiger partial charge in [0.05, 0.1) is 16.5 Å². The fourth-order valence-electron chi connectivity index (χ4n) is 1.89. The standard InChI is InChI=1S/C13H9N5OS2/c14-18-11(9-5-3-7-19-9)16-17-12(18)21-13-15-8-4-1-2-6-10(8)20-13/h1-7H,14H2. The molecule has 0 atom stereocenters. The number of furan rings is 1. The Bertz CT molecular complexity index is 863. The van der Waals surface area contributed by atoms with E-state index in [-0.39, 0.29) is 0 Å². The molecule has 0 unspecified atom stereocenters. The summed E-state index contributed by atoms with van der Waals surface area (Å²) in [5.41, 5.74) is 0.972. The predicted molar refractivity (Wildman–Crippen MR) is 81.6 cm³/mol. The zero-order valence-electron chi connectivity index (χ0n) is 10.6. The first kappa shape index (κ1) is 12.4. The van der Waals surface area contributed by atoms with Gasteiger partial charge < -0.3 is 10.3 Å². The van der Waals surface area contributed by atoms with Crippen LogP contribution >= 0.6 is 23.1 Å². The zero-order chi connectivity index (χ0) is 14.2. The average molecular weight is 315 g/mol. The van der Waals surface area contributed by atoms with Crippen molar-refractivity contribution >= 4 is 33.3 Å². The van der Waals surface area contributed by atoms with Crippen LogP contribution in [0.1, 0.15) is 0 Å². The molecule has 6 nitrogen and oxygen atoms in total. The van der Waals surface area contributed by atoms with Gasteiger partial charge in [0, 0.05) is 0 Å². The molecule has 0 aliphatic carbocycles. The Morgan fingerprint density at radius 3 is 2.86 bits per heavy atom. The number of nitrogen functional groups attached to an aromatic ring is 1. The lowest BCUT2D eigenvalue weighted by molar-refractivity contribution is 0.574. The molecule has 3 aromatic heterocycles. The van der Waals surface area contributed by atoms with E-state index in [0.717, 1.165) is 14.6 Å². The zero-order valence-corrected chi connectivity index (χ0v) is 12.3. The third-order valence-corrected chi connectivity index (χ3v) is 4.92.